The van der Waals surface area contributed by atoms with Crippen molar-refractivity contribution in [3.63, 3.8) is 0 Å². The molecule has 10 heteroatoms. The van der Waals surface area contributed by atoms with Gasteiger partial charge in [0.2, 0.25) is 0 Å². The predicted molar refractivity (Wildman–Crippen MR) is 126 cm³/mol. The van der Waals surface area contributed by atoms with Gasteiger partial charge in [0.1, 0.15) is 17.2 Å². The minimum Gasteiger partial charge on any atom is -0.506 e. The summed E-state index contributed by atoms with van der Waals surface area (Å²) in [6, 6.07) is 17.4. The molecule has 0 spiro atoms. The minimum absolute atomic E-state index is 0.0539. The summed E-state index contributed by atoms with van der Waals surface area (Å²) in [7, 11) is 1.46. The molecule has 3 aromatic carbocycles. The van der Waals surface area contributed by atoms with Crippen molar-refractivity contribution in [2.45, 2.75) is 0 Å². The number of ether oxygens (including phenoxy) is 2. The van der Waals surface area contributed by atoms with Gasteiger partial charge in [-0.25, -0.2) is 5.43 Å². The van der Waals surface area contributed by atoms with Crippen molar-refractivity contribution in [1.29, 1.82) is 5.26 Å². The number of hydrogen-bond acceptors (Lipinski definition) is 7. The van der Waals surface area contributed by atoms with E-state index in [1.54, 1.807) is 42.5 Å². The van der Waals surface area contributed by atoms with Gasteiger partial charge in [0.25, 0.3) is 11.8 Å². The fourth-order valence-corrected chi connectivity index (χ4v) is 2.92. The zero-order chi connectivity index (χ0) is 24.5. The zero-order valence-corrected chi connectivity index (χ0v) is 18.7. The number of halogens is 1. The van der Waals surface area contributed by atoms with Crippen LogP contribution in [0.2, 0.25) is 5.02 Å². The molecule has 0 bridgehead atoms. The lowest BCUT2D eigenvalue weighted by Gasteiger charge is -2.10. The smallest absolute Gasteiger partial charge is 0.271 e. The van der Waals surface area contributed by atoms with Crippen LogP contribution in [0.25, 0.3) is 0 Å². The van der Waals surface area contributed by atoms with Gasteiger partial charge in [-0.1, -0.05) is 11.6 Å². The van der Waals surface area contributed by atoms with Crippen LogP contribution >= 0.6 is 11.6 Å². The van der Waals surface area contributed by atoms with E-state index in [0.717, 1.165) is 0 Å². The van der Waals surface area contributed by atoms with E-state index in [0.29, 0.717) is 28.3 Å². The fourth-order valence-electron chi connectivity index (χ4n) is 2.74. The molecule has 0 radical (unpaired) electrons. The number of nitrogens with zero attached hydrogens (tertiary/aromatic N) is 2. The Bertz CT molecular complexity index is 1270. The summed E-state index contributed by atoms with van der Waals surface area (Å²) in [6.45, 7) is -0.218. The molecule has 0 unspecified atom stereocenters. The van der Waals surface area contributed by atoms with Crippen molar-refractivity contribution < 1.29 is 24.2 Å². The van der Waals surface area contributed by atoms with Crippen molar-refractivity contribution in [3.05, 3.63) is 82.4 Å². The second-order valence-corrected chi connectivity index (χ2v) is 7.20. The first-order valence-electron chi connectivity index (χ1n) is 9.82. The van der Waals surface area contributed by atoms with E-state index in [-0.39, 0.29) is 28.8 Å². The second-order valence-electron chi connectivity index (χ2n) is 6.80. The second kappa shape index (κ2) is 11.4. The molecule has 3 aromatic rings. The number of hydrogen-bond donors (Lipinski definition) is 3. The van der Waals surface area contributed by atoms with Crippen molar-refractivity contribution >= 4 is 35.3 Å². The largest absolute Gasteiger partial charge is 0.506 e. The Balaban J connectivity index is 1.57. The highest BCUT2D eigenvalue weighted by Gasteiger charge is 2.09. The number of aromatic hydroxyl groups is 1. The summed E-state index contributed by atoms with van der Waals surface area (Å²) >= 11 is 5.81. The number of anilines is 1. The van der Waals surface area contributed by atoms with Crippen LogP contribution in [-0.2, 0) is 4.79 Å². The summed E-state index contributed by atoms with van der Waals surface area (Å²) in [6.07, 6.45) is 1.39. The third-order valence-electron chi connectivity index (χ3n) is 4.45. The van der Waals surface area contributed by atoms with Gasteiger partial charge in [-0.2, -0.15) is 10.4 Å². The molecule has 0 aromatic heterocycles. The molecule has 2 amide bonds. The third-order valence-corrected chi connectivity index (χ3v) is 4.75. The Morgan fingerprint density at radius 1 is 1.15 bits per heavy atom. The van der Waals surface area contributed by atoms with E-state index in [9.17, 15) is 14.7 Å². The van der Waals surface area contributed by atoms with Crippen molar-refractivity contribution in [1.82, 2.24) is 5.43 Å². The molecular weight excluding hydrogens is 460 g/mol. The normalized spacial score (nSPS) is 10.4. The molecule has 9 nitrogen and oxygen atoms in total. The first-order chi connectivity index (χ1) is 16.4. The summed E-state index contributed by atoms with van der Waals surface area (Å²) in [5.41, 5.74) is 4.12. The van der Waals surface area contributed by atoms with Gasteiger partial charge in [-0.15, -0.1) is 0 Å². The van der Waals surface area contributed by atoms with E-state index >= 15 is 0 Å². The number of amides is 2. The topological polar surface area (TPSA) is 133 Å². The lowest BCUT2D eigenvalue weighted by molar-refractivity contribution is -0.118. The Kier molecular flexibility index (Phi) is 8.05. The number of nitrogens with one attached hydrogen (secondary N) is 2. The molecule has 3 N–H and O–H groups in total. The van der Waals surface area contributed by atoms with Crippen LogP contribution in [0.15, 0.2) is 65.8 Å². The Morgan fingerprint density at radius 2 is 1.91 bits per heavy atom. The molecule has 172 valence electrons. The van der Waals surface area contributed by atoms with Crippen LogP contribution in [0.3, 0.4) is 0 Å². The summed E-state index contributed by atoms with van der Waals surface area (Å²) in [5.74, 6) is -0.137. The Labute approximate surface area is 200 Å². The van der Waals surface area contributed by atoms with Crippen LogP contribution in [0.5, 0.6) is 17.2 Å². The average molecular weight is 479 g/mol. The summed E-state index contributed by atoms with van der Waals surface area (Å²) in [4.78, 5) is 24.3. The third kappa shape index (κ3) is 6.48. The fraction of sp³-hybridized carbons (Fsp3) is 0.0833. The highest BCUT2D eigenvalue weighted by Crippen LogP contribution is 2.24. The van der Waals surface area contributed by atoms with Gasteiger partial charge >= 0.3 is 0 Å². The maximum absolute atomic E-state index is 12.2. The van der Waals surface area contributed by atoms with Crippen LogP contribution in [0.1, 0.15) is 21.5 Å². The molecule has 0 saturated carbocycles. The quantitative estimate of drug-likeness (QED) is 0.334. The molecule has 34 heavy (non-hydrogen) atoms. The highest BCUT2D eigenvalue weighted by atomic mass is 35.5. The first kappa shape index (κ1) is 24.1. The lowest BCUT2D eigenvalue weighted by atomic mass is 10.2. The average Bonchev–Trinajstić information content (AvgIpc) is 2.85. The highest BCUT2D eigenvalue weighted by molar-refractivity contribution is 6.32. The van der Waals surface area contributed by atoms with Crippen LogP contribution < -0.4 is 20.2 Å². The molecular formula is C24H19ClN4O5. The number of benzene rings is 3. The Morgan fingerprint density at radius 3 is 2.59 bits per heavy atom. The van der Waals surface area contributed by atoms with E-state index in [1.807, 2.05) is 6.07 Å². The number of phenols is 1. The van der Waals surface area contributed by atoms with E-state index in [4.69, 9.17) is 26.3 Å². The van der Waals surface area contributed by atoms with Crippen molar-refractivity contribution in [2.75, 3.05) is 19.0 Å². The van der Waals surface area contributed by atoms with Gasteiger partial charge in [0.15, 0.2) is 6.61 Å². The number of rotatable bonds is 8. The monoisotopic (exact) mass is 478 g/mol. The van der Waals surface area contributed by atoms with E-state index in [2.05, 4.69) is 15.8 Å². The molecule has 0 fully saturated rings. The standard InChI is InChI=1S/C24H19ClN4O5/c1-33-22-11-18(28-23(31)14-34-19-7-2-15(12-26)3-8-19)6-4-17(22)13-27-29-24(32)16-5-9-21(30)20(25)10-16/h2-11,13,30H,14H2,1H3,(H,28,31)(H,29,32)/b27-13+. The molecule has 0 atom stereocenters. The number of carbonyl (C=O) groups is 2. The number of hydrazone groups is 1. The van der Waals surface area contributed by atoms with Crippen molar-refractivity contribution in [3.8, 4) is 23.3 Å². The maximum Gasteiger partial charge on any atom is 0.271 e. The molecule has 0 saturated heterocycles. The molecule has 0 aliphatic rings. The molecule has 0 aliphatic heterocycles. The predicted octanol–water partition coefficient (Wildman–Crippen LogP) is 3.71. The number of phenolic OH excluding ortho intramolecular Hbond substituents is 1. The number of nitriles is 1. The summed E-state index contributed by atoms with van der Waals surface area (Å²) in [5, 5.41) is 24.9. The van der Waals surface area contributed by atoms with Crippen LogP contribution in [-0.4, -0.2) is 36.9 Å². The minimum atomic E-state index is -0.511. The van der Waals surface area contributed by atoms with Gasteiger partial charge in [0.05, 0.1) is 30.0 Å². The van der Waals surface area contributed by atoms with Gasteiger partial charge in [-0.3, -0.25) is 9.59 Å². The van der Waals surface area contributed by atoms with Gasteiger partial charge < -0.3 is 19.9 Å². The maximum atomic E-state index is 12.2. The van der Waals surface area contributed by atoms with Crippen LogP contribution in [0, 0.1) is 11.3 Å². The lowest BCUT2D eigenvalue weighted by Crippen LogP contribution is -2.20. The molecule has 3 rings (SSSR count). The zero-order valence-electron chi connectivity index (χ0n) is 17.9. The number of carbonyl (C=O) groups excluding carboxylic acids is 2. The van der Waals surface area contributed by atoms with Crippen molar-refractivity contribution in [2.24, 2.45) is 5.10 Å². The summed E-state index contributed by atoms with van der Waals surface area (Å²) < 4.78 is 10.7. The van der Waals surface area contributed by atoms with E-state index in [1.165, 1.54) is 31.5 Å². The first-order valence-corrected chi connectivity index (χ1v) is 10.2. The molecule has 0 aliphatic carbocycles. The SMILES string of the molecule is COc1cc(NC(=O)COc2ccc(C#N)cc2)ccc1/C=N/NC(=O)c1ccc(O)c(Cl)c1. The van der Waals surface area contributed by atoms with Crippen LogP contribution in [0.4, 0.5) is 5.69 Å². The molecule has 0 heterocycles. The van der Waals surface area contributed by atoms with Gasteiger partial charge in [-0.05, 0) is 54.6 Å². The van der Waals surface area contributed by atoms with Gasteiger partial charge in [0, 0.05) is 22.9 Å². The number of methoxy groups -OCH3 is 1. The Hall–Kier alpha value is -4.55. The van der Waals surface area contributed by atoms with E-state index < -0.39 is 5.91 Å².